The highest BCUT2D eigenvalue weighted by Crippen LogP contribution is 2.28. The standard InChI is InChI=1S/C31H33FN10O3/c1-31(2,3)19-12-18-14-37-42(30(45)26(18)23(32)13-19)29-22(17-43)24(6-7-35-29)41-16-21(27(33)44)28(39-41)38-25-5-4-20(15-36-25)40-10-8-34-9-11-40/h4-7,12-16,34,43H,8-11,17H2,1-3H3,(H2,33,44)(H,36,38,39). The summed E-state index contributed by atoms with van der Waals surface area (Å²) in [5.74, 6) is -0.841. The number of nitrogens with zero attached hydrogens (tertiary/aromatic N) is 7. The van der Waals surface area contributed by atoms with Crippen LogP contribution in [0.15, 0.2) is 59.9 Å². The molecule has 0 aliphatic carbocycles. The molecule has 0 bridgehead atoms. The number of hydrogen-bond acceptors (Lipinski definition) is 10. The molecule has 1 fully saturated rings. The molecular weight excluding hydrogens is 579 g/mol. The van der Waals surface area contributed by atoms with Gasteiger partial charge in [0.25, 0.3) is 11.5 Å². The lowest BCUT2D eigenvalue weighted by molar-refractivity contribution is 0.100. The Kier molecular flexibility index (Phi) is 7.76. The number of hydrogen-bond donors (Lipinski definition) is 4. The Morgan fingerprint density at radius 1 is 1.13 bits per heavy atom. The predicted octanol–water partition coefficient (Wildman–Crippen LogP) is 2.54. The molecule has 0 spiro atoms. The number of benzene rings is 1. The van der Waals surface area contributed by atoms with E-state index in [0.29, 0.717) is 16.9 Å². The Balaban J connectivity index is 1.37. The van der Waals surface area contributed by atoms with Gasteiger partial charge in [-0.3, -0.25) is 9.59 Å². The van der Waals surface area contributed by atoms with Crippen molar-refractivity contribution in [1.29, 1.82) is 0 Å². The number of aromatic nitrogens is 6. The van der Waals surface area contributed by atoms with Crippen molar-refractivity contribution >= 4 is 34.0 Å². The van der Waals surface area contributed by atoms with Crippen molar-refractivity contribution in [2.75, 3.05) is 36.4 Å². The molecule has 13 nitrogen and oxygen atoms in total. The molecule has 4 aromatic heterocycles. The summed E-state index contributed by atoms with van der Waals surface area (Å²) in [6.45, 7) is 8.82. The molecule has 5 heterocycles. The third-order valence-corrected chi connectivity index (χ3v) is 7.78. The molecule has 0 atom stereocenters. The summed E-state index contributed by atoms with van der Waals surface area (Å²) in [6.07, 6.45) is 5.94. The van der Waals surface area contributed by atoms with Gasteiger partial charge in [-0.15, -0.1) is 5.10 Å². The predicted molar refractivity (Wildman–Crippen MR) is 168 cm³/mol. The first kappa shape index (κ1) is 29.8. The monoisotopic (exact) mass is 612 g/mol. The molecule has 0 unspecified atom stereocenters. The van der Waals surface area contributed by atoms with Gasteiger partial charge >= 0.3 is 0 Å². The molecule has 1 aromatic carbocycles. The number of carbonyl (C=O) groups excluding carboxylic acids is 1. The molecule has 0 radical (unpaired) electrons. The Hall–Kier alpha value is -5.21. The van der Waals surface area contributed by atoms with Crippen molar-refractivity contribution in [2.45, 2.75) is 32.8 Å². The third-order valence-electron chi connectivity index (χ3n) is 7.78. The summed E-state index contributed by atoms with van der Waals surface area (Å²) in [6, 6.07) is 8.36. The number of nitrogens with one attached hydrogen (secondary N) is 2. The van der Waals surface area contributed by atoms with Crippen LogP contribution in [0.4, 0.5) is 21.7 Å². The first-order chi connectivity index (χ1) is 21.5. The van der Waals surface area contributed by atoms with Gasteiger partial charge in [-0.1, -0.05) is 20.8 Å². The minimum atomic E-state index is -0.737. The van der Waals surface area contributed by atoms with Crippen LogP contribution in [0, 0.1) is 5.82 Å². The molecule has 0 saturated carbocycles. The van der Waals surface area contributed by atoms with E-state index in [-0.39, 0.29) is 33.6 Å². The van der Waals surface area contributed by atoms with Crippen LogP contribution in [-0.4, -0.2) is 66.7 Å². The van der Waals surface area contributed by atoms with Crippen LogP contribution in [-0.2, 0) is 12.0 Å². The molecule has 1 aliphatic heterocycles. The fourth-order valence-electron chi connectivity index (χ4n) is 5.30. The van der Waals surface area contributed by atoms with Crippen LogP contribution in [0.25, 0.3) is 22.3 Å². The average Bonchev–Trinajstić information content (AvgIpc) is 3.45. The number of primary amides is 1. The number of aliphatic hydroxyl groups excluding tert-OH is 1. The second kappa shape index (κ2) is 11.7. The maximum atomic E-state index is 15.3. The number of pyridine rings is 2. The topological polar surface area (TPSA) is 169 Å². The molecule has 45 heavy (non-hydrogen) atoms. The summed E-state index contributed by atoms with van der Waals surface area (Å²) >= 11 is 0. The summed E-state index contributed by atoms with van der Waals surface area (Å²) in [7, 11) is 0. The molecular formula is C31H33FN10O3. The van der Waals surface area contributed by atoms with E-state index in [1.165, 1.54) is 29.3 Å². The number of halogens is 1. The van der Waals surface area contributed by atoms with Crippen molar-refractivity contribution in [3.05, 3.63) is 88.0 Å². The lowest BCUT2D eigenvalue weighted by atomic mass is 9.86. The molecule has 232 valence electrons. The number of amides is 1. The van der Waals surface area contributed by atoms with Gasteiger partial charge in [0.1, 0.15) is 17.2 Å². The van der Waals surface area contributed by atoms with E-state index in [0.717, 1.165) is 42.1 Å². The molecule has 5 N–H and O–H groups in total. The smallest absolute Gasteiger partial charge is 0.283 e. The number of carbonyl (C=O) groups is 1. The highest BCUT2D eigenvalue weighted by molar-refractivity contribution is 5.98. The number of nitrogens with two attached hydrogens (primary N) is 1. The third kappa shape index (κ3) is 5.72. The normalized spacial score (nSPS) is 13.8. The van der Waals surface area contributed by atoms with E-state index in [1.807, 2.05) is 26.8 Å². The van der Waals surface area contributed by atoms with Crippen LogP contribution in [0.5, 0.6) is 0 Å². The van der Waals surface area contributed by atoms with Crippen molar-refractivity contribution < 1.29 is 14.3 Å². The van der Waals surface area contributed by atoms with E-state index in [4.69, 9.17) is 5.73 Å². The fourth-order valence-corrected chi connectivity index (χ4v) is 5.30. The quantitative estimate of drug-likeness (QED) is 0.214. The zero-order chi connectivity index (χ0) is 31.9. The van der Waals surface area contributed by atoms with E-state index < -0.39 is 23.9 Å². The van der Waals surface area contributed by atoms with Gasteiger partial charge < -0.3 is 26.4 Å². The largest absolute Gasteiger partial charge is 0.391 e. The Labute approximate surface area is 257 Å². The highest BCUT2D eigenvalue weighted by atomic mass is 19.1. The SMILES string of the molecule is CC(C)(C)c1cc(F)c2c(=O)n(-c3nccc(-n4cc(C(N)=O)c(Nc5ccc(N6CCNCC6)cn5)n4)c3CO)ncc2c1. The summed E-state index contributed by atoms with van der Waals surface area (Å²) in [4.78, 5) is 36.9. The van der Waals surface area contributed by atoms with Gasteiger partial charge in [0.05, 0.1) is 35.8 Å². The van der Waals surface area contributed by atoms with Crippen LogP contribution in [0.3, 0.4) is 0 Å². The van der Waals surface area contributed by atoms with Gasteiger partial charge in [0, 0.05) is 49.5 Å². The molecule has 1 aliphatic rings. The first-order valence-electron chi connectivity index (χ1n) is 14.4. The van der Waals surface area contributed by atoms with Gasteiger partial charge in [0.15, 0.2) is 11.6 Å². The van der Waals surface area contributed by atoms with Crippen molar-refractivity contribution in [3.63, 3.8) is 0 Å². The molecule has 6 rings (SSSR count). The zero-order valence-electron chi connectivity index (χ0n) is 25.1. The number of rotatable bonds is 7. The Morgan fingerprint density at radius 2 is 1.91 bits per heavy atom. The molecule has 1 saturated heterocycles. The number of aliphatic hydroxyl groups is 1. The van der Waals surface area contributed by atoms with Crippen LogP contribution >= 0.6 is 0 Å². The van der Waals surface area contributed by atoms with Gasteiger partial charge in [0.2, 0.25) is 0 Å². The summed E-state index contributed by atoms with van der Waals surface area (Å²) in [5.41, 5.74) is 6.85. The second-order valence-electron chi connectivity index (χ2n) is 11.8. The van der Waals surface area contributed by atoms with Gasteiger partial charge in [-0.25, -0.2) is 19.0 Å². The molecule has 14 heteroatoms. The van der Waals surface area contributed by atoms with Crippen molar-refractivity contribution in [3.8, 4) is 11.5 Å². The summed E-state index contributed by atoms with van der Waals surface area (Å²) in [5, 5.41) is 25.8. The summed E-state index contributed by atoms with van der Waals surface area (Å²) < 4.78 is 17.6. The van der Waals surface area contributed by atoms with E-state index >= 15 is 4.39 Å². The van der Waals surface area contributed by atoms with Crippen molar-refractivity contribution in [1.82, 2.24) is 34.8 Å². The number of anilines is 3. The fraction of sp³-hybridized carbons (Fsp3) is 0.290. The minimum absolute atomic E-state index is 0.0167. The Morgan fingerprint density at radius 3 is 2.58 bits per heavy atom. The van der Waals surface area contributed by atoms with E-state index in [2.05, 4.69) is 35.7 Å². The maximum absolute atomic E-state index is 15.3. The van der Waals surface area contributed by atoms with E-state index in [9.17, 15) is 14.7 Å². The lowest BCUT2D eigenvalue weighted by Gasteiger charge is -2.29. The zero-order valence-corrected chi connectivity index (χ0v) is 25.1. The van der Waals surface area contributed by atoms with Crippen molar-refractivity contribution in [2.24, 2.45) is 5.73 Å². The van der Waals surface area contributed by atoms with Gasteiger partial charge in [-0.2, -0.15) is 9.78 Å². The molecule has 1 amide bonds. The highest BCUT2D eigenvalue weighted by Gasteiger charge is 2.23. The average molecular weight is 613 g/mol. The van der Waals surface area contributed by atoms with Gasteiger partial charge in [-0.05, 0) is 41.3 Å². The number of piperazine rings is 1. The second-order valence-corrected chi connectivity index (χ2v) is 11.8. The first-order valence-corrected chi connectivity index (χ1v) is 14.4. The number of fused-ring (bicyclic) bond motifs is 1. The minimum Gasteiger partial charge on any atom is -0.391 e. The van der Waals surface area contributed by atoms with Crippen LogP contribution in [0.1, 0.15) is 42.3 Å². The maximum Gasteiger partial charge on any atom is 0.283 e. The van der Waals surface area contributed by atoms with E-state index in [1.54, 1.807) is 24.4 Å². The van der Waals surface area contributed by atoms with Crippen LogP contribution in [0.2, 0.25) is 0 Å². The Bertz CT molecular complexity index is 1960. The van der Waals surface area contributed by atoms with Crippen LogP contribution < -0.4 is 26.8 Å². The lowest BCUT2D eigenvalue weighted by Crippen LogP contribution is -2.43. The molecule has 5 aromatic rings.